The van der Waals surface area contributed by atoms with Gasteiger partial charge in [0.1, 0.15) is 17.0 Å². The van der Waals surface area contributed by atoms with Gasteiger partial charge in [0.15, 0.2) is 0 Å². The second kappa shape index (κ2) is 7.10. The number of fused-ring (bicyclic) bond motifs is 1. The summed E-state index contributed by atoms with van der Waals surface area (Å²) in [5, 5.41) is 14.7. The Morgan fingerprint density at radius 3 is 2.67 bits per heavy atom. The number of nitrogens with one attached hydrogen (secondary N) is 1. The van der Waals surface area contributed by atoms with Crippen molar-refractivity contribution in [3.05, 3.63) is 82.4 Å². The average molecular weight is 374 g/mol. The molecule has 27 heavy (non-hydrogen) atoms. The van der Waals surface area contributed by atoms with Gasteiger partial charge in [-0.15, -0.1) is 0 Å². The molecule has 0 spiro atoms. The van der Waals surface area contributed by atoms with Gasteiger partial charge in [-0.2, -0.15) is 10.4 Å². The van der Waals surface area contributed by atoms with Gasteiger partial charge in [-0.25, -0.2) is 9.67 Å². The first-order chi connectivity index (χ1) is 13.2. The first kappa shape index (κ1) is 17.1. The zero-order chi connectivity index (χ0) is 18.8. The van der Waals surface area contributed by atoms with E-state index in [1.165, 1.54) is 0 Å². The number of para-hydroxylation sites is 2. The fourth-order valence-corrected chi connectivity index (χ4v) is 3.26. The van der Waals surface area contributed by atoms with Crippen molar-refractivity contribution in [2.24, 2.45) is 0 Å². The third kappa shape index (κ3) is 3.35. The average Bonchev–Trinajstić information content (AvgIpc) is 3.22. The van der Waals surface area contributed by atoms with Crippen LogP contribution in [0.5, 0.6) is 0 Å². The molecule has 132 valence electrons. The molecular formula is C21H16ClN5. The Balaban J connectivity index is 1.72. The number of H-pyrrole nitrogens is 1. The van der Waals surface area contributed by atoms with E-state index in [9.17, 15) is 5.26 Å². The molecule has 1 N–H and O–H groups in total. The van der Waals surface area contributed by atoms with Gasteiger partial charge in [0.25, 0.3) is 0 Å². The number of allylic oxidation sites excluding steroid dienone is 1. The normalized spacial score (nSPS) is 11.7. The molecule has 0 saturated heterocycles. The van der Waals surface area contributed by atoms with Gasteiger partial charge in [0, 0.05) is 5.56 Å². The largest absolute Gasteiger partial charge is 0.337 e. The van der Waals surface area contributed by atoms with Crippen LogP contribution in [0.25, 0.3) is 22.7 Å². The monoisotopic (exact) mass is 373 g/mol. The lowest BCUT2D eigenvalue weighted by Crippen LogP contribution is -2.01. The number of hydrogen-bond acceptors (Lipinski definition) is 3. The maximum absolute atomic E-state index is 9.64. The molecular weight excluding hydrogens is 358 g/mol. The van der Waals surface area contributed by atoms with Gasteiger partial charge >= 0.3 is 0 Å². The van der Waals surface area contributed by atoms with Crippen LogP contribution in [-0.2, 0) is 6.54 Å². The molecule has 4 rings (SSSR count). The lowest BCUT2D eigenvalue weighted by molar-refractivity contribution is 0.680. The first-order valence-electron chi connectivity index (χ1n) is 8.49. The second-order valence-electron chi connectivity index (χ2n) is 6.21. The number of benzene rings is 2. The standard InChI is InChI=1S/C21H16ClN5/c1-14-17(20(22)27(26-14)13-15-7-3-2-4-8-15)11-16(12-23)21-24-18-9-5-6-10-19(18)25-21/h2-11H,13H2,1H3,(H,24,25)/b16-11+. The maximum Gasteiger partial charge on any atom is 0.149 e. The van der Waals surface area contributed by atoms with Crippen LogP contribution in [0.1, 0.15) is 22.6 Å². The zero-order valence-electron chi connectivity index (χ0n) is 14.6. The molecule has 0 radical (unpaired) electrons. The highest BCUT2D eigenvalue weighted by Crippen LogP contribution is 2.26. The van der Waals surface area contributed by atoms with Crippen LogP contribution in [0.3, 0.4) is 0 Å². The fourth-order valence-electron chi connectivity index (χ4n) is 2.97. The number of nitrogens with zero attached hydrogens (tertiary/aromatic N) is 4. The number of rotatable bonds is 4. The highest BCUT2D eigenvalue weighted by atomic mass is 35.5. The minimum Gasteiger partial charge on any atom is -0.337 e. The number of aryl methyl sites for hydroxylation is 1. The quantitative estimate of drug-likeness (QED) is 0.520. The van der Waals surface area contributed by atoms with Crippen LogP contribution >= 0.6 is 11.6 Å². The summed E-state index contributed by atoms with van der Waals surface area (Å²) >= 11 is 6.56. The zero-order valence-corrected chi connectivity index (χ0v) is 15.4. The van der Waals surface area contributed by atoms with Crippen LogP contribution in [0.15, 0.2) is 54.6 Å². The molecule has 0 aliphatic heterocycles. The molecule has 0 bridgehead atoms. The number of aromatic nitrogens is 4. The molecule has 0 amide bonds. The van der Waals surface area contributed by atoms with Crippen molar-refractivity contribution >= 4 is 34.3 Å². The van der Waals surface area contributed by atoms with E-state index >= 15 is 0 Å². The van der Waals surface area contributed by atoms with E-state index in [0.29, 0.717) is 23.1 Å². The molecule has 0 fully saturated rings. The van der Waals surface area contributed by atoms with Gasteiger partial charge in [0.05, 0.1) is 28.8 Å². The van der Waals surface area contributed by atoms with Crippen molar-refractivity contribution in [1.29, 1.82) is 5.26 Å². The Labute approximate surface area is 161 Å². The summed E-state index contributed by atoms with van der Waals surface area (Å²) in [5.41, 5.74) is 4.71. The third-order valence-corrected chi connectivity index (χ3v) is 4.74. The number of halogens is 1. The highest BCUT2D eigenvalue weighted by molar-refractivity contribution is 6.31. The first-order valence-corrected chi connectivity index (χ1v) is 8.87. The van der Waals surface area contributed by atoms with Crippen molar-refractivity contribution < 1.29 is 0 Å². The predicted molar refractivity (Wildman–Crippen MR) is 107 cm³/mol. The van der Waals surface area contributed by atoms with E-state index in [-0.39, 0.29) is 0 Å². The Morgan fingerprint density at radius 2 is 1.93 bits per heavy atom. The summed E-state index contributed by atoms with van der Waals surface area (Å²) in [4.78, 5) is 7.68. The summed E-state index contributed by atoms with van der Waals surface area (Å²) in [6.45, 7) is 2.45. The molecule has 0 aliphatic carbocycles. The van der Waals surface area contributed by atoms with E-state index in [0.717, 1.165) is 27.9 Å². The van der Waals surface area contributed by atoms with Crippen LogP contribution in [-0.4, -0.2) is 19.7 Å². The topological polar surface area (TPSA) is 70.3 Å². The van der Waals surface area contributed by atoms with Crippen molar-refractivity contribution in [1.82, 2.24) is 19.7 Å². The Kier molecular flexibility index (Phi) is 4.49. The number of aromatic amines is 1. The molecule has 0 atom stereocenters. The van der Waals surface area contributed by atoms with Gasteiger partial charge in [0.2, 0.25) is 0 Å². The number of nitriles is 1. The van der Waals surface area contributed by atoms with Gasteiger partial charge in [-0.05, 0) is 30.7 Å². The van der Waals surface area contributed by atoms with Crippen molar-refractivity contribution in [3.8, 4) is 6.07 Å². The molecule has 0 saturated carbocycles. The van der Waals surface area contributed by atoms with Crippen LogP contribution in [0, 0.1) is 18.3 Å². The van der Waals surface area contributed by atoms with Gasteiger partial charge < -0.3 is 4.98 Å². The molecule has 2 aromatic carbocycles. The van der Waals surface area contributed by atoms with Crippen LogP contribution in [0.4, 0.5) is 0 Å². The molecule has 2 aromatic heterocycles. The Hall–Kier alpha value is -3.36. The lowest BCUT2D eigenvalue weighted by atomic mass is 10.1. The minimum atomic E-state index is 0.412. The second-order valence-corrected chi connectivity index (χ2v) is 6.56. The Bertz CT molecular complexity index is 1150. The predicted octanol–water partition coefficient (Wildman–Crippen LogP) is 4.83. The fraction of sp³-hybridized carbons (Fsp3) is 0.0952. The maximum atomic E-state index is 9.64. The van der Waals surface area contributed by atoms with Crippen molar-refractivity contribution in [2.45, 2.75) is 13.5 Å². The number of hydrogen-bond donors (Lipinski definition) is 1. The molecule has 0 aliphatic rings. The van der Waals surface area contributed by atoms with Gasteiger partial charge in [-0.1, -0.05) is 54.1 Å². The van der Waals surface area contributed by atoms with Crippen molar-refractivity contribution in [2.75, 3.05) is 0 Å². The van der Waals surface area contributed by atoms with Gasteiger partial charge in [-0.3, -0.25) is 0 Å². The Morgan fingerprint density at radius 1 is 1.19 bits per heavy atom. The third-order valence-electron chi connectivity index (χ3n) is 4.34. The molecule has 0 unspecified atom stereocenters. The summed E-state index contributed by atoms with van der Waals surface area (Å²) < 4.78 is 1.74. The summed E-state index contributed by atoms with van der Waals surface area (Å²) in [6, 6.07) is 19.9. The lowest BCUT2D eigenvalue weighted by Gasteiger charge is -2.03. The van der Waals surface area contributed by atoms with E-state index in [1.54, 1.807) is 10.8 Å². The number of imidazole rings is 1. The molecule has 2 heterocycles. The molecule has 5 nitrogen and oxygen atoms in total. The minimum absolute atomic E-state index is 0.412. The summed E-state index contributed by atoms with van der Waals surface area (Å²) in [6.07, 6.45) is 1.74. The van der Waals surface area contributed by atoms with E-state index < -0.39 is 0 Å². The van der Waals surface area contributed by atoms with Crippen LogP contribution in [0.2, 0.25) is 5.15 Å². The smallest absolute Gasteiger partial charge is 0.149 e. The molecule has 6 heteroatoms. The summed E-state index contributed by atoms with van der Waals surface area (Å²) in [7, 11) is 0. The van der Waals surface area contributed by atoms with E-state index in [2.05, 4.69) is 21.1 Å². The SMILES string of the molecule is Cc1nn(Cc2ccccc2)c(Cl)c1/C=C(\C#N)c1nc2ccccc2[nH]1. The van der Waals surface area contributed by atoms with E-state index in [1.807, 2.05) is 61.5 Å². The van der Waals surface area contributed by atoms with E-state index in [4.69, 9.17) is 11.6 Å². The van der Waals surface area contributed by atoms with Crippen molar-refractivity contribution in [3.63, 3.8) is 0 Å². The highest BCUT2D eigenvalue weighted by Gasteiger charge is 2.15. The summed E-state index contributed by atoms with van der Waals surface area (Å²) in [5.74, 6) is 0.518. The van der Waals surface area contributed by atoms with Crippen LogP contribution < -0.4 is 0 Å². The molecule has 4 aromatic rings.